The van der Waals surface area contributed by atoms with E-state index in [0.717, 1.165) is 12.0 Å². The van der Waals surface area contributed by atoms with Gasteiger partial charge in [0.2, 0.25) is 5.89 Å². The molecular weight excluding hydrogens is 328 g/mol. The number of benzene rings is 1. The molecule has 0 saturated carbocycles. The van der Waals surface area contributed by atoms with Crippen LogP contribution >= 0.6 is 0 Å². The van der Waals surface area contributed by atoms with Gasteiger partial charge in [-0.15, -0.1) is 0 Å². The van der Waals surface area contributed by atoms with Crippen molar-refractivity contribution in [3.05, 3.63) is 47.6 Å². The predicted octanol–water partition coefficient (Wildman–Crippen LogP) is 2.36. The highest BCUT2D eigenvalue weighted by molar-refractivity contribution is 7.87. The van der Waals surface area contributed by atoms with Gasteiger partial charge in [0, 0.05) is 19.0 Å². The monoisotopic (exact) mass is 350 g/mol. The quantitative estimate of drug-likeness (QED) is 0.864. The molecule has 1 aliphatic heterocycles. The Morgan fingerprint density at radius 2 is 2.08 bits per heavy atom. The van der Waals surface area contributed by atoms with Gasteiger partial charge in [0.15, 0.2) is 5.82 Å². The van der Waals surface area contributed by atoms with E-state index in [1.54, 1.807) is 0 Å². The summed E-state index contributed by atoms with van der Waals surface area (Å²) in [4.78, 5) is 4.36. The molecule has 130 valence electrons. The third-order valence-electron chi connectivity index (χ3n) is 4.07. The van der Waals surface area contributed by atoms with Gasteiger partial charge in [-0.3, -0.25) is 0 Å². The molecule has 0 amide bonds. The van der Waals surface area contributed by atoms with Gasteiger partial charge in [-0.25, -0.2) is 0 Å². The molecule has 24 heavy (non-hydrogen) atoms. The van der Waals surface area contributed by atoms with Crippen molar-refractivity contribution in [2.45, 2.75) is 45.2 Å². The largest absolute Gasteiger partial charge is 0.338 e. The number of hydrogen-bond donors (Lipinski definition) is 1. The Morgan fingerprint density at radius 1 is 1.33 bits per heavy atom. The van der Waals surface area contributed by atoms with Crippen LogP contribution in [0, 0.1) is 0 Å². The molecule has 0 spiro atoms. The maximum absolute atomic E-state index is 12.7. The van der Waals surface area contributed by atoms with Gasteiger partial charge in [-0.2, -0.15) is 22.4 Å². The summed E-state index contributed by atoms with van der Waals surface area (Å²) in [5.74, 6) is 1.12. The minimum atomic E-state index is -3.61. The summed E-state index contributed by atoms with van der Waals surface area (Å²) in [5.41, 5.74) is 0.914. The molecular formula is C16H22N4O3S. The smallest absolute Gasteiger partial charge is 0.280 e. The average Bonchev–Trinajstić information content (AvgIpc) is 3.23. The average molecular weight is 350 g/mol. The highest BCUT2D eigenvalue weighted by Crippen LogP contribution is 2.33. The van der Waals surface area contributed by atoms with Crippen LogP contribution in [0.25, 0.3) is 0 Å². The van der Waals surface area contributed by atoms with Gasteiger partial charge in [0.1, 0.15) is 6.04 Å². The van der Waals surface area contributed by atoms with Gasteiger partial charge < -0.3 is 4.52 Å². The van der Waals surface area contributed by atoms with Crippen LogP contribution in [0.2, 0.25) is 0 Å². The molecule has 0 bridgehead atoms. The molecule has 3 rings (SSSR count). The molecule has 1 aromatic heterocycles. The number of aromatic nitrogens is 2. The van der Waals surface area contributed by atoms with E-state index < -0.39 is 16.3 Å². The second-order valence-corrected chi connectivity index (χ2v) is 7.93. The Morgan fingerprint density at radius 3 is 2.75 bits per heavy atom. The molecule has 0 radical (unpaired) electrons. The normalized spacial score (nSPS) is 19.2. The lowest BCUT2D eigenvalue weighted by atomic mass is 10.2. The summed E-state index contributed by atoms with van der Waals surface area (Å²) < 4.78 is 34.7. The number of nitrogens with zero attached hydrogens (tertiary/aromatic N) is 3. The minimum Gasteiger partial charge on any atom is -0.338 e. The molecule has 1 fully saturated rings. The zero-order valence-corrected chi connectivity index (χ0v) is 14.7. The number of hydrogen-bond acceptors (Lipinski definition) is 5. The molecule has 1 atom stereocenters. The van der Waals surface area contributed by atoms with Gasteiger partial charge >= 0.3 is 0 Å². The van der Waals surface area contributed by atoms with Crippen LogP contribution in [-0.4, -0.2) is 29.4 Å². The first kappa shape index (κ1) is 17.1. The second kappa shape index (κ2) is 7.00. The lowest BCUT2D eigenvalue weighted by Crippen LogP contribution is -2.40. The molecule has 2 aromatic rings. The van der Waals surface area contributed by atoms with Crippen LogP contribution in [0.1, 0.15) is 55.9 Å². The van der Waals surface area contributed by atoms with E-state index in [2.05, 4.69) is 14.9 Å². The summed E-state index contributed by atoms with van der Waals surface area (Å²) in [6.07, 6.45) is 1.46. The minimum absolute atomic E-state index is 0.144. The fourth-order valence-corrected chi connectivity index (χ4v) is 4.16. The van der Waals surface area contributed by atoms with Crippen LogP contribution in [0.5, 0.6) is 0 Å². The molecule has 1 saturated heterocycles. The maximum Gasteiger partial charge on any atom is 0.280 e. The molecule has 1 aliphatic rings. The van der Waals surface area contributed by atoms with Crippen LogP contribution < -0.4 is 4.72 Å². The molecule has 1 N–H and O–H groups in total. The molecule has 1 aromatic carbocycles. The lowest BCUT2D eigenvalue weighted by Gasteiger charge is -2.21. The van der Waals surface area contributed by atoms with Crippen molar-refractivity contribution in [2.24, 2.45) is 0 Å². The van der Waals surface area contributed by atoms with Crippen molar-refractivity contribution in [1.82, 2.24) is 19.2 Å². The first-order valence-corrected chi connectivity index (χ1v) is 9.55. The van der Waals surface area contributed by atoms with Gasteiger partial charge in [-0.05, 0) is 18.4 Å². The summed E-state index contributed by atoms with van der Waals surface area (Å²) in [5, 5.41) is 3.94. The fraction of sp³-hybridized carbons (Fsp3) is 0.500. The van der Waals surface area contributed by atoms with E-state index in [1.165, 1.54) is 4.31 Å². The Balaban J connectivity index is 1.73. The Kier molecular flexibility index (Phi) is 4.98. The highest BCUT2D eigenvalue weighted by Gasteiger charge is 2.38. The molecule has 7 nitrogen and oxygen atoms in total. The van der Waals surface area contributed by atoms with Crippen LogP contribution in [-0.2, 0) is 16.8 Å². The molecule has 2 heterocycles. The fourth-order valence-electron chi connectivity index (χ4n) is 2.75. The van der Waals surface area contributed by atoms with E-state index in [-0.39, 0.29) is 12.5 Å². The third-order valence-corrected chi connectivity index (χ3v) is 5.64. The van der Waals surface area contributed by atoms with Crippen molar-refractivity contribution < 1.29 is 12.9 Å². The standard InChI is InChI=1S/C16H22N4O3S/c1-12(2)15-18-16(23-19-15)14-9-6-10-20(14)24(21,22)17-11-13-7-4-3-5-8-13/h3-5,7-8,12,14,17H,6,9-11H2,1-2H3/t14-/m1/s1. The lowest BCUT2D eigenvalue weighted by molar-refractivity contribution is 0.287. The van der Waals surface area contributed by atoms with Gasteiger partial charge in [0.05, 0.1) is 0 Å². The van der Waals surface area contributed by atoms with Crippen LogP contribution in [0.3, 0.4) is 0 Å². The van der Waals surface area contributed by atoms with Gasteiger partial charge in [0.25, 0.3) is 10.2 Å². The van der Waals surface area contributed by atoms with Crippen molar-refractivity contribution >= 4 is 10.2 Å². The predicted molar refractivity (Wildman–Crippen MR) is 89.3 cm³/mol. The Hall–Kier alpha value is -1.77. The Bertz CT molecular complexity index is 774. The van der Waals surface area contributed by atoms with Crippen LogP contribution in [0.4, 0.5) is 0 Å². The highest BCUT2D eigenvalue weighted by atomic mass is 32.2. The Labute approximate surface area is 142 Å². The second-order valence-electron chi connectivity index (χ2n) is 6.23. The van der Waals surface area contributed by atoms with E-state index in [0.29, 0.717) is 24.7 Å². The SMILES string of the molecule is CC(C)c1noc([C@H]2CCCN2S(=O)(=O)NCc2ccccc2)n1. The summed E-state index contributed by atoms with van der Waals surface area (Å²) in [7, 11) is -3.61. The van der Waals surface area contributed by atoms with Crippen molar-refractivity contribution in [3.8, 4) is 0 Å². The summed E-state index contributed by atoms with van der Waals surface area (Å²) in [6, 6.07) is 9.05. The van der Waals surface area contributed by atoms with Crippen molar-refractivity contribution in [2.75, 3.05) is 6.54 Å². The van der Waals surface area contributed by atoms with Gasteiger partial charge in [-0.1, -0.05) is 49.3 Å². The third kappa shape index (κ3) is 3.66. The van der Waals surface area contributed by atoms with E-state index in [9.17, 15) is 8.42 Å². The molecule has 0 aliphatic carbocycles. The zero-order chi connectivity index (χ0) is 17.2. The first-order chi connectivity index (χ1) is 11.5. The summed E-state index contributed by atoms with van der Waals surface area (Å²) in [6.45, 7) is 4.65. The molecule has 0 unspecified atom stereocenters. The first-order valence-electron chi connectivity index (χ1n) is 8.11. The molecule has 8 heteroatoms. The van der Waals surface area contributed by atoms with Crippen molar-refractivity contribution in [1.29, 1.82) is 0 Å². The topological polar surface area (TPSA) is 88.3 Å². The number of nitrogens with one attached hydrogen (secondary N) is 1. The van der Waals surface area contributed by atoms with E-state index in [4.69, 9.17) is 4.52 Å². The van der Waals surface area contributed by atoms with E-state index >= 15 is 0 Å². The van der Waals surface area contributed by atoms with E-state index in [1.807, 2.05) is 44.2 Å². The summed E-state index contributed by atoms with van der Waals surface area (Å²) >= 11 is 0. The number of rotatable bonds is 6. The zero-order valence-electron chi connectivity index (χ0n) is 13.8. The van der Waals surface area contributed by atoms with Crippen LogP contribution in [0.15, 0.2) is 34.9 Å². The maximum atomic E-state index is 12.7. The van der Waals surface area contributed by atoms with Crippen molar-refractivity contribution in [3.63, 3.8) is 0 Å².